The lowest BCUT2D eigenvalue weighted by molar-refractivity contribution is 1.19. The Hall–Kier alpha value is 1.39. The summed E-state index contributed by atoms with van der Waals surface area (Å²) in [7, 11) is 2.66. The predicted molar refractivity (Wildman–Crippen MR) is 41.1 cm³/mol. The van der Waals surface area contributed by atoms with Crippen LogP contribution in [0, 0.1) is 0 Å². The number of alkyl halides is 2. The molecular formula is C3H7Br2P. The molecule has 0 aliphatic carbocycles. The van der Waals surface area contributed by atoms with Gasteiger partial charge in [-0.05, 0) is 6.16 Å². The highest BCUT2D eigenvalue weighted by Crippen LogP contribution is 2.05. The quantitative estimate of drug-likeness (QED) is 0.506. The van der Waals surface area contributed by atoms with E-state index in [1.807, 2.05) is 0 Å². The van der Waals surface area contributed by atoms with Crippen molar-refractivity contribution in [3.05, 3.63) is 0 Å². The minimum Gasteiger partial charge on any atom is -0.136 e. The average molecular weight is 234 g/mol. The van der Waals surface area contributed by atoms with Crippen molar-refractivity contribution in [2.75, 3.05) is 11.5 Å². The van der Waals surface area contributed by atoms with Crippen LogP contribution in [0.1, 0.15) is 0 Å². The Morgan fingerprint density at radius 3 is 2.17 bits per heavy atom. The lowest BCUT2D eigenvalue weighted by Crippen LogP contribution is -1.97. The molecule has 6 heavy (non-hydrogen) atoms. The zero-order valence-corrected chi connectivity index (χ0v) is 7.65. The van der Waals surface area contributed by atoms with Crippen molar-refractivity contribution >= 4 is 41.1 Å². The predicted octanol–water partition coefficient (Wildman–Crippen LogP) is 2.02. The van der Waals surface area contributed by atoms with E-state index < -0.39 is 0 Å². The van der Waals surface area contributed by atoms with Gasteiger partial charge in [-0.25, -0.2) is 0 Å². The molecule has 2 atom stereocenters. The van der Waals surface area contributed by atoms with Gasteiger partial charge in [0, 0.05) is 10.2 Å². The topological polar surface area (TPSA) is 0 Å². The van der Waals surface area contributed by atoms with Gasteiger partial charge in [0.2, 0.25) is 0 Å². The first-order valence-corrected chi connectivity index (χ1v) is 4.56. The summed E-state index contributed by atoms with van der Waals surface area (Å²) in [5, 5.41) is 1.04. The van der Waals surface area contributed by atoms with Crippen LogP contribution in [0.4, 0.5) is 0 Å². The van der Waals surface area contributed by atoms with Gasteiger partial charge in [-0.1, -0.05) is 31.9 Å². The van der Waals surface area contributed by atoms with Gasteiger partial charge < -0.3 is 0 Å². The molecule has 0 aliphatic heterocycles. The summed E-state index contributed by atoms with van der Waals surface area (Å²) in [6, 6.07) is 0. The largest absolute Gasteiger partial charge is 0.136 e. The smallest absolute Gasteiger partial charge is 0.0277 e. The molecule has 0 saturated carbocycles. The van der Waals surface area contributed by atoms with Crippen molar-refractivity contribution in [1.29, 1.82) is 0 Å². The van der Waals surface area contributed by atoms with Crippen LogP contribution < -0.4 is 0 Å². The summed E-state index contributed by atoms with van der Waals surface area (Å²) < 4.78 is 0. The Morgan fingerprint density at radius 2 is 2.17 bits per heavy atom. The molecule has 0 fully saturated rings. The first-order chi connectivity index (χ1) is 2.81. The number of hydrogen-bond acceptors (Lipinski definition) is 0. The van der Waals surface area contributed by atoms with Gasteiger partial charge in [0.25, 0.3) is 0 Å². The van der Waals surface area contributed by atoms with Gasteiger partial charge in [-0.15, -0.1) is 9.24 Å². The minimum absolute atomic E-state index is 0.627. The summed E-state index contributed by atoms with van der Waals surface area (Å²) in [5.41, 5.74) is 0. The Bertz CT molecular complexity index is 28.0. The Kier molecular flexibility index (Phi) is 5.60. The Balaban J connectivity index is 2.75. The zero-order chi connectivity index (χ0) is 4.99. The second-order valence-electron chi connectivity index (χ2n) is 0.987. The van der Waals surface area contributed by atoms with Crippen molar-refractivity contribution in [2.45, 2.75) is 4.83 Å². The molecule has 0 spiro atoms. The van der Waals surface area contributed by atoms with E-state index in [1.54, 1.807) is 0 Å². The molecule has 0 aromatic rings. The van der Waals surface area contributed by atoms with E-state index >= 15 is 0 Å². The molecule has 0 heterocycles. The van der Waals surface area contributed by atoms with Crippen LogP contribution in [0.2, 0.25) is 0 Å². The van der Waals surface area contributed by atoms with E-state index in [2.05, 4.69) is 41.1 Å². The second kappa shape index (κ2) is 4.55. The molecule has 0 aliphatic rings. The summed E-state index contributed by atoms with van der Waals surface area (Å²) in [4.78, 5) is 0.627. The lowest BCUT2D eigenvalue weighted by atomic mass is 10.6. The normalized spacial score (nSPS) is 14.5. The molecule has 0 radical (unpaired) electrons. The Morgan fingerprint density at radius 1 is 1.67 bits per heavy atom. The van der Waals surface area contributed by atoms with Gasteiger partial charge >= 0.3 is 0 Å². The standard InChI is InChI=1S/C3H7Br2P/c4-1-3(5)2-6/h3H,1-2,6H2. The first-order valence-electron chi connectivity index (χ1n) is 1.71. The van der Waals surface area contributed by atoms with Crippen molar-refractivity contribution in [1.82, 2.24) is 0 Å². The van der Waals surface area contributed by atoms with E-state index in [0.717, 1.165) is 11.5 Å². The molecule has 0 aromatic carbocycles. The summed E-state index contributed by atoms with van der Waals surface area (Å²) in [6.45, 7) is 0. The van der Waals surface area contributed by atoms with E-state index in [0.29, 0.717) is 4.83 Å². The first kappa shape index (κ1) is 7.39. The maximum atomic E-state index is 3.41. The van der Waals surface area contributed by atoms with Crippen LogP contribution in [-0.4, -0.2) is 16.3 Å². The SMILES string of the molecule is PCC(Br)CBr. The Labute approximate surface area is 57.5 Å². The summed E-state index contributed by atoms with van der Waals surface area (Å²) in [6.07, 6.45) is 1.12. The second-order valence-corrected chi connectivity index (χ2v) is 3.40. The van der Waals surface area contributed by atoms with Crippen LogP contribution in [0.5, 0.6) is 0 Å². The third-order valence-corrected chi connectivity index (χ3v) is 4.03. The van der Waals surface area contributed by atoms with Gasteiger partial charge in [-0.3, -0.25) is 0 Å². The molecule has 0 nitrogen and oxygen atoms in total. The molecule has 0 rings (SSSR count). The van der Waals surface area contributed by atoms with E-state index in [-0.39, 0.29) is 0 Å². The zero-order valence-electron chi connectivity index (χ0n) is 3.32. The van der Waals surface area contributed by atoms with Crippen LogP contribution in [0.3, 0.4) is 0 Å². The van der Waals surface area contributed by atoms with E-state index in [4.69, 9.17) is 0 Å². The molecule has 0 aromatic heterocycles. The van der Waals surface area contributed by atoms with Crippen molar-refractivity contribution in [3.8, 4) is 0 Å². The van der Waals surface area contributed by atoms with Crippen LogP contribution in [0.25, 0.3) is 0 Å². The van der Waals surface area contributed by atoms with E-state index in [9.17, 15) is 0 Å². The highest BCUT2D eigenvalue weighted by molar-refractivity contribution is 9.12. The molecule has 0 amide bonds. The van der Waals surface area contributed by atoms with E-state index in [1.165, 1.54) is 0 Å². The monoisotopic (exact) mass is 232 g/mol. The summed E-state index contributed by atoms with van der Waals surface area (Å²) >= 11 is 6.72. The molecule has 0 N–H and O–H groups in total. The number of rotatable bonds is 2. The number of halogens is 2. The van der Waals surface area contributed by atoms with Gasteiger partial charge in [0.05, 0.1) is 0 Å². The third-order valence-electron chi connectivity index (χ3n) is 0.423. The van der Waals surface area contributed by atoms with Crippen molar-refractivity contribution in [2.24, 2.45) is 0 Å². The highest BCUT2D eigenvalue weighted by Gasteiger charge is 1.92. The van der Waals surface area contributed by atoms with Crippen LogP contribution in [-0.2, 0) is 0 Å². The van der Waals surface area contributed by atoms with Crippen LogP contribution >= 0.6 is 41.1 Å². The maximum absolute atomic E-state index is 3.41. The highest BCUT2D eigenvalue weighted by atomic mass is 79.9. The number of hydrogen-bond donors (Lipinski definition) is 0. The fourth-order valence-corrected chi connectivity index (χ4v) is 0.982. The molecule has 0 saturated heterocycles. The van der Waals surface area contributed by atoms with Crippen molar-refractivity contribution in [3.63, 3.8) is 0 Å². The minimum atomic E-state index is 0.627. The molecular weight excluding hydrogens is 227 g/mol. The van der Waals surface area contributed by atoms with Crippen LogP contribution in [0.15, 0.2) is 0 Å². The summed E-state index contributed by atoms with van der Waals surface area (Å²) in [5.74, 6) is 0. The van der Waals surface area contributed by atoms with Crippen molar-refractivity contribution < 1.29 is 0 Å². The fraction of sp³-hybridized carbons (Fsp3) is 1.00. The molecule has 2 unspecified atom stereocenters. The van der Waals surface area contributed by atoms with Gasteiger partial charge in [0.15, 0.2) is 0 Å². The fourth-order valence-electron chi connectivity index (χ4n) is 0.0630. The average Bonchev–Trinajstić information content (AvgIpc) is 1.65. The third kappa shape index (κ3) is 3.58. The van der Waals surface area contributed by atoms with Gasteiger partial charge in [0.1, 0.15) is 0 Å². The lowest BCUT2D eigenvalue weighted by Gasteiger charge is -1.94. The maximum Gasteiger partial charge on any atom is 0.0277 e. The molecule has 3 heteroatoms. The molecule has 38 valence electrons. The molecule has 0 bridgehead atoms. The van der Waals surface area contributed by atoms with Gasteiger partial charge in [-0.2, -0.15) is 0 Å².